The molecule has 0 aliphatic heterocycles. The lowest BCUT2D eigenvalue weighted by molar-refractivity contribution is -0.384. The Kier molecular flexibility index (Phi) is 4.19. The van der Waals surface area contributed by atoms with E-state index in [4.69, 9.17) is 8.83 Å². The minimum absolute atomic E-state index is 0.0180. The molecule has 8 nitrogen and oxygen atoms in total. The lowest BCUT2D eigenvalue weighted by atomic mass is 10.1. The summed E-state index contributed by atoms with van der Waals surface area (Å²) >= 11 is 0. The first-order valence-electron chi connectivity index (χ1n) is 6.85. The van der Waals surface area contributed by atoms with Crippen LogP contribution in [0.15, 0.2) is 68.7 Å². The van der Waals surface area contributed by atoms with Crippen LogP contribution in [0, 0.1) is 10.1 Å². The number of benzene rings is 1. The van der Waals surface area contributed by atoms with E-state index in [1.54, 1.807) is 30.3 Å². The van der Waals surface area contributed by atoms with Crippen molar-refractivity contribution in [2.75, 3.05) is 0 Å². The third-order valence-corrected chi connectivity index (χ3v) is 3.09. The molecule has 0 saturated carbocycles. The van der Waals surface area contributed by atoms with Crippen molar-refractivity contribution in [3.63, 3.8) is 0 Å². The minimum atomic E-state index is -0.522. The molecule has 2 aromatic heterocycles. The van der Waals surface area contributed by atoms with Crippen molar-refractivity contribution in [2.45, 2.75) is 0 Å². The molecule has 1 amide bonds. The third-order valence-electron chi connectivity index (χ3n) is 3.09. The number of furan rings is 2. The van der Waals surface area contributed by atoms with Crippen LogP contribution >= 0.6 is 0 Å². The van der Waals surface area contributed by atoms with Crippen molar-refractivity contribution in [1.82, 2.24) is 5.43 Å². The highest BCUT2D eigenvalue weighted by Crippen LogP contribution is 2.24. The molecule has 0 aliphatic carbocycles. The molecule has 2 heterocycles. The SMILES string of the molecule is O=C(N/N=C/c1ccco1)c1ccc(-c2ccc([N+](=O)[O-])cc2)o1. The van der Waals surface area contributed by atoms with E-state index in [1.807, 2.05) is 0 Å². The Hall–Kier alpha value is -3.68. The molecule has 24 heavy (non-hydrogen) atoms. The Bertz CT molecular complexity index is 879. The van der Waals surface area contributed by atoms with E-state index in [0.717, 1.165) is 0 Å². The number of hydrogen-bond acceptors (Lipinski definition) is 6. The highest BCUT2D eigenvalue weighted by molar-refractivity contribution is 5.92. The molecule has 120 valence electrons. The van der Waals surface area contributed by atoms with E-state index in [1.165, 1.54) is 30.7 Å². The molecular weight excluding hydrogens is 314 g/mol. The third kappa shape index (κ3) is 3.38. The zero-order chi connectivity index (χ0) is 16.9. The van der Waals surface area contributed by atoms with Gasteiger partial charge in [-0.3, -0.25) is 14.9 Å². The molecule has 3 rings (SSSR count). The predicted molar refractivity (Wildman–Crippen MR) is 84.6 cm³/mol. The topological polar surface area (TPSA) is 111 Å². The van der Waals surface area contributed by atoms with E-state index in [2.05, 4.69) is 10.5 Å². The monoisotopic (exact) mass is 325 g/mol. The van der Waals surface area contributed by atoms with Gasteiger partial charge in [-0.2, -0.15) is 5.10 Å². The summed E-state index contributed by atoms with van der Waals surface area (Å²) in [5.41, 5.74) is 2.92. The summed E-state index contributed by atoms with van der Waals surface area (Å²) in [6, 6.07) is 12.3. The maximum absolute atomic E-state index is 11.9. The van der Waals surface area contributed by atoms with Crippen LogP contribution in [0.25, 0.3) is 11.3 Å². The average molecular weight is 325 g/mol. The summed E-state index contributed by atoms with van der Waals surface area (Å²) in [6.07, 6.45) is 2.85. The van der Waals surface area contributed by atoms with Gasteiger partial charge in [0.15, 0.2) is 5.76 Å². The van der Waals surface area contributed by atoms with Crippen LogP contribution in [0.2, 0.25) is 0 Å². The number of amides is 1. The Morgan fingerprint density at radius 1 is 1.17 bits per heavy atom. The number of rotatable bonds is 5. The van der Waals surface area contributed by atoms with Crippen LogP contribution in [0.4, 0.5) is 5.69 Å². The second kappa shape index (κ2) is 6.61. The maximum Gasteiger partial charge on any atom is 0.307 e. The summed E-state index contributed by atoms with van der Waals surface area (Å²) in [5.74, 6) is 0.470. The molecular formula is C16H11N3O5. The van der Waals surface area contributed by atoms with Crippen LogP contribution in [0.5, 0.6) is 0 Å². The molecule has 0 unspecified atom stereocenters. The zero-order valence-corrected chi connectivity index (χ0v) is 12.2. The molecule has 0 fully saturated rings. The van der Waals surface area contributed by atoms with Gasteiger partial charge in [-0.05, 0) is 36.4 Å². The molecule has 0 bridgehead atoms. The highest BCUT2D eigenvalue weighted by atomic mass is 16.6. The number of hydrazone groups is 1. The van der Waals surface area contributed by atoms with Crippen molar-refractivity contribution in [3.05, 3.63) is 76.4 Å². The van der Waals surface area contributed by atoms with Gasteiger partial charge in [0, 0.05) is 17.7 Å². The van der Waals surface area contributed by atoms with Gasteiger partial charge in [0.1, 0.15) is 11.5 Å². The maximum atomic E-state index is 11.9. The number of nitrogens with zero attached hydrogens (tertiary/aromatic N) is 2. The van der Waals surface area contributed by atoms with E-state index in [-0.39, 0.29) is 11.4 Å². The summed E-state index contributed by atoms with van der Waals surface area (Å²) < 4.78 is 10.5. The van der Waals surface area contributed by atoms with Gasteiger partial charge in [0.05, 0.1) is 17.4 Å². The second-order valence-electron chi connectivity index (χ2n) is 4.68. The number of hydrogen-bond donors (Lipinski definition) is 1. The molecule has 1 aromatic carbocycles. The van der Waals surface area contributed by atoms with E-state index >= 15 is 0 Å². The van der Waals surface area contributed by atoms with Crippen LogP contribution in [0.1, 0.15) is 16.3 Å². The fourth-order valence-corrected chi connectivity index (χ4v) is 1.94. The second-order valence-corrected chi connectivity index (χ2v) is 4.68. The van der Waals surface area contributed by atoms with Crippen LogP contribution in [0.3, 0.4) is 0 Å². The zero-order valence-electron chi connectivity index (χ0n) is 12.2. The van der Waals surface area contributed by atoms with E-state index in [9.17, 15) is 14.9 Å². The summed E-state index contributed by atoms with van der Waals surface area (Å²) in [6.45, 7) is 0. The van der Waals surface area contributed by atoms with Gasteiger partial charge in [-0.1, -0.05) is 0 Å². The van der Waals surface area contributed by atoms with E-state index in [0.29, 0.717) is 17.1 Å². The lowest BCUT2D eigenvalue weighted by Crippen LogP contribution is -2.16. The smallest absolute Gasteiger partial charge is 0.307 e. The standard InChI is InChI=1S/C16H11N3O5/c20-16(18-17-10-13-2-1-9-23-13)15-8-7-14(24-15)11-3-5-12(6-4-11)19(21)22/h1-10H,(H,18,20)/b17-10+. The largest absolute Gasteiger partial charge is 0.463 e. The minimum Gasteiger partial charge on any atom is -0.463 e. The van der Waals surface area contributed by atoms with Crippen LogP contribution < -0.4 is 5.43 Å². The average Bonchev–Trinajstić information content (AvgIpc) is 3.26. The Balaban J connectivity index is 1.68. The van der Waals surface area contributed by atoms with Gasteiger partial charge >= 0.3 is 5.91 Å². The number of carbonyl (C=O) groups is 1. The highest BCUT2D eigenvalue weighted by Gasteiger charge is 2.12. The molecule has 0 atom stereocenters. The normalized spacial score (nSPS) is 10.8. The van der Waals surface area contributed by atoms with Crippen molar-refractivity contribution in [1.29, 1.82) is 0 Å². The molecule has 8 heteroatoms. The Labute approximate surface area is 135 Å². The van der Waals surface area contributed by atoms with Crippen LogP contribution in [-0.4, -0.2) is 17.0 Å². The van der Waals surface area contributed by atoms with E-state index < -0.39 is 10.8 Å². The lowest BCUT2D eigenvalue weighted by Gasteiger charge is -1.97. The Morgan fingerprint density at radius 3 is 2.62 bits per heavy atom. The first kappa shape index (κ1) is 15.2. The fourth-order valence-electron chi connectivity index (χ4n) is 1.94. The van der Waals surface area contributed by atoms with Crippen LogP contribution in [-0.2, 0) is 0 Å². The van der Waals surface area contributed by atoms with Crippen molar-refractivity contribution in [3.8, 4) is 11.3 Å². The number of nitrogens with one attached hydrogen (secondary N) is 1. The summed E-state index contributed by atoms with van der Waals surface area (Å²) in [4.78, 5) is 22.1. The Morgan fingerprint density at radius 2 is 1.96 bits per heavy atom. The number of nitro groups is 1. The molecule has 1 N–H and O–H groups in total. The molecule has 3 aromatic rings. The van der Waals surface area contributed by atoms with Gasteiger partial charge in [0.25, 0.3) is 5.69 Å². The first-order valence-corrected chi connectivity index (χ1v) is 6.85. The quantitative estimate of drug-likeness (QED) is 0.440. The van der Waals surface area contributed by atoms with Gasteiger partial charge in [-0.15, -0.1) is 0 Å². The number of non-ortho nitro benzene ring substituents is 1. The van der Waals surface area contributed by atoms with Crippen molar-refractivity contribution in [2.24, 2.45) is 5.10 Å². The molecule has 0 aliphatic rings. The summed E-state index contributed by atoms with van der Waals surface area (Å²) in [5, 5.41) is 14.4. The summed E-state index contributed by atoms with van der Waals surface area (Å²) in [7, 11) is 0. The van der Waals surface area contributed by atoms with Crippen molar-refractivity contribution < 1.29 is 18.6 Å². The number of nitro benzene ring substituents is 1. The van der Waals surface area contributed by atoms with Gasteiger partial charge in [0.2, 0.25) is 0 Å². The predicted octanol–water partition coefficient (Wildman–Crippen LogP) is 3.21. The fraction of sp³-hybridized carbons (Fsp3) is 0. The van der Waals surface area contributed by atoms with Crippen molar-refractivity contribution >= 4 is 17.8 Å². The van der Waals surface area contributed by atoms with Gasteiger partial charge in [-0.25, -0.2) is 5.43 Å². The first-order chi connectivity index (χ1) is 11.6. The van der Waals surface area contributed by atoms with Gasteiger partial charge < -0.3 is 8.83 Å². The molecule has 0 saturated heterocycles. The number of carbonyl (C=O) groups excluding carboxylic acids is 1. The molecule has 0 radical (unpaired) electrons. The molecule has 0 spiro atoms.